The molecule has 0 atom stereocenters. The highest BCUT2D eigenvalue weighted by Crippen LogP contribution is 2.39. The average molecular weight is 326 g/mol. The minimum atomic E-state index is 0.0742. The van der Waals surface area contributed by atoms with Crippen molar-refractivity contribution >= 4 is 15.9 Å². The number of nitrogens with one attached hydrogen (secondary N) is 1. The quantitative estimate of drug-likeness (QED) is 0.751. The van der Waals surface area contributed by atoms with Crippen molar-refractivity contribution < 1.29 is 4.74 Å². The summed E-state index contributed by atoms with van der Waals surface area (Å²) in [5.41, 5.74) is 0.0742. The highest BCUT2D eigenvalue weighted by atomic mass is 79.9. The van der Waals surface area contributed by atoms with Gasteiger partial charge in [-0.25, -0.2) is 0 Å². The van der Waals surface area contributed by atoms with E-state index in [-0.39, 0.29) is 5.60 Å². The van der Waals surface area contributed by atoms with Crippen LogP contribution in [0, 0.1) is 5.92 Å². The van der Waals surface area contributed by atoms with Crippen LogP contribution in [0.4, 0.5) is 0 Å². The van der Waals surface area contributed by atoms with Gasteiger partial charge in [0.25, 0.3) is 0 Å². The highest BCUT2D eigenvalue weighted by Gasteiger charge is 2.38. The first-order valence-corrected chi connectivity index (χ1v) is 8.04. The van der Waals surface area contributed by atoms with Crippen LogP contribution in [0.5, 0.6) is 5.75 Å². The molecule has 0 saturated heterocycles. The van der Waals surface area contributed by atoms with E-state index >= 15 is 0 Å². The van der Waals surface area contributed by atoms with Crippen LogP contribution in [0.2, 0.25) is 0 Å². The van der Waals surface area contributed by atoms with E-state index in [1.807, 2.05) is 18.2 Å². The van der Waals surface area contributed by atoms with E-state index in [9.17, 15) is 0 Å². The fourth-order valence-corrected chi connectivity index (χ4v) is 2.84. The van der Waals surface area contributed by atoms with Crippen molar-refractivity contribution in [3.8, 4) is 5.75 Å². The molecule has 0 amide bonds. The Labute approximate surface area is 125 Å². The Bertz CT molecular complexity index is 401. The van der Waals surface area contributed by atoms with Crippen LogP contribution >= 0.6 is 15.9 Å². The summed E-state index contributed by atoms with van der Waals surface area (Å²) < 4.78 is 7.34. The van der Waals surface area contributed by atoms with E-state index < -0.39 is 0 Å². The van der Waals surface area contributed by atoms with Gasteiger partial charge in [0, 0.05) is 4.47 Å². The predicted molar refractivity (Wildman–Crippen MR) is 83.7 cm³/mol. The third-order valence-electron chi connectivity index (χ3n) is 3.71. The van der Waals surface area contributed by atoms with Gasteiger partial charge in [-0.05, 0) is 62.9 Å². The van der Waals surface area contributed by atoms with Crippen molar-refractivity contribution in [2.75, 3.05) is 13.1 Å². The molecule has 0 aromatic heterocycles. The van der Waals surface area contributed by atoms with Gasteiger partial charge in [-0.3, -0.25) is 0 Å². The molecule has 0 radical (unpaired) electrons. The number of halogens is 1. The minimum Gasteiger partial charge on any atom is -0.487 e. The lowest BCUT2D eigenvalue weighted by molar-refractivity contribution is -0.0143. The average Bonchev–Trinajstić information content (AvgIpc) is 2.31. The molecule has 0 bridgehead atoms. The van der Waals surface area contributed by atoms with Crippen LogP contribution in [0.3, 0.4) is 0 Å². The second-order valence-corrected chi connectivity index (χ2v) is 6.86. The van der Waals surface area contributed by atoms with E-state index in [1.165, 1.54) is 19.3 Å². The smallest absolute Gasteiger partial charge is 0.121 e. The monoisotopic (exact) mass is 325 g/mol. The molecule has 0 spiro atoms. The van der Waals surface area contributed by atoms with Crippen molar-refractivity contribution in [3.63, 3.8) is 0 Å². The van der Waals surface area contributed by atoms with Crippen LogP contribution < -0.4 is 10.1 Å². The normalized spacial score (nSPS) is 17.3. The van der Waals surface area contributed by atoms with Crippen LogP contribution in [0.15, 0.2) is 28.7 Å². The molecule has 1 aromatic carbocycles. The zero-order chi connectivity index (χ0) is 13.7. The zero-order valence-electron chi connectivity index (χ0n) is 11.9. The van der Waals surface area contributed by atoms with Crippen molar-refractivity contribution in [2.24, 2.45) is 5.92 Å². The van der Waals surface area contributed by atoms with Gasteiger partial charge in [-0.15, -0.1) is 0 Å². The minimum absolute atomic E-state index is 0.0742. The van der Waals surface area contributed by atoms with Crippen LogP contribution in [0.1, 0.15) is 39.5 Å². The van der Waals surface area contributed by atoms with Gasteiger partial charge in [0.1, 0.15) is 11.4 Å². The zero-order valence-corrected chi connectivity index (χ0v) is 13.5. The van der Waals surface area contributed by atoms with E-state index in [4.69, 9.17) is 4.74 Å². The Kier molecular flexibility index (Phi) is 5.28. The molecular formula is C16H24BrNO. The molecule has 1 saturated carbocycles. The van der Waals surface area contributed by atoms with Crippen LogP contribution in [-0.2, 0) is 0 Å². The molecule has 0 aliphatic heterocycles. The van der Waals surface area contributed by atoms with Crippen molar-refractivity contribution in [1.29, 1.82) is 0 Å². The van der Waals surface area contributed by atoms with Crippen molar-refractivity contribution in [2.45, 2.75) is 45.1 Å². The predicted octanol–water partition coefficient (Wildman–Crippen LogP) is 4.39. The summed E-state index contributed by atoms with van der Waals surface area (Å²) in [4.78, 5) is 0. The lowest BCUT2D eigenvalue weighted by atomic mass is 9.77. The number of ether oxygens (including phenoxy) is 1. The lowest BCUT2D eigenvalue weighted by Crippen LogP contribution is -2.45. The molecule has 2 nitrogen and oxygen atoms in total. The molecule has 2 rings (SSSR count). The fourth-order valence-electron chi connectivity index (χ4n) is 2.46. The molecule has 1 N–H and O–H groups in total. The van der Waals surface area contributed by atoms with Gasteiger partial charge in [0.2, 0.25) is 0 Å². The lowest BCUT2D eigenvalue weighted by Gasteiger charge is -2.42. The topological polar surface area (TPSA) is 21.3 Å². The maximum atomic E-state index is 6.26. The Morgan fingerprint density at radius 1 is 1.37 bits per heavy atom. The van der Waals surface area contributed by atoms with Gasteiger partial charge in [-0.1, -0.05) is 35.8 Å². The summed E-state index contributed by atoms with van der Waals surface area (Å²) in [6, 6.07) is 8.17. The molecule has 106 valence electrons. The molecule has 3 heteroatoms. The highest BCUT2D eigenvalue weighted by molar-refractivity contribution is 9.10. The number of hydrogen-bond acceptors (Lipinski definition) is 2. The molecule has 19 heavy (non-hydrogen) atoms. The van der Waals surface area contributed by atoms with Crippen molar-refractivity contribution in [3.05, 3.63) is 28.7 Å². The Morgan fingerprint density at radius 2 is 2.16 bits per heavy atom. The molecule has 1 aliphatic carbocycles. The largest absolute Gasteiger partial charge is 0.487 e. The Morgan fingerprint density at radius 3 is 2.74 bits per heavy atom. The molecular weight excluding hydrogens is 302 g/mol. The van der Waals surface area contributed by atoms with E-state index in [0.717, 1.165) is 29.7 Å². The first-order chi connectivity index (χ1) is 9.10. The van der Waals surface area contributed by atoms with Gasteiger partial charge in [0.15, 0.2) is 0 Å². The van der Waals surface area contributed by atoms with E-state index in [0.29, 0.717) is 5.92 Å². The molecule has 0 heterocycles. The SMILES string of the molecule is CC(C)CNCCC1(Oc2cccc(Br)c2)CCC1. The standard InChI is InChI=1S/C16H24BrNO/c1-13(2)12-18-10-9-16(7-4-8-16)19-15-6-3-5-14(17)11-15/h3,5-6,11,13,18H,4,7-10,12H2,1-2H3. The number of rotatable bonds is 7. The van der Waals surface area contributed by atoms with Crippen molar-refractivity contribution in [1.82, 2.24) is 5.32 Å². The van der Waals surface area contributed by atoms with E-state index in [1.54, 1.807) is 0 Å². The molecule has 1 fully saturated rings. The molecule has 0 unspecified atom stereocenters. The van der Waals surface area contributed by atoms with E-state index in [2.05, 4.69) is 41.2 Å². The van der Waals surface area contributed by atoms with Gasteiger partial charge < -0.3 is 10.1 Å². The number of benzene rings is 1. The molecule has 1 aliphatic rings. The summed E-state index contributed by atoms with van der Waals surface area (Å²) in [6.45, 7) is 6.62. The third-order valence-corrected chi connectivity index (χ3v) is 4.20. The van der Waals surface area contributed by atoms with Crippen LogP contribution in [-0.4, -0.2) is 18.7 Å². The Balaban J connectivity index is 1.84. The van der Waals surface area contributed by atoms with Gasteiger partial charge in [-0.2, -0.15) is 0 Å². The summed E-state index contributed by atoms with van der Waals surface area (Å²) >= 11 is 3.50. The van der Waals surface area contributed by atoms with Gasteiger partial charge >= 0.3 is 0 Å². The summed E-state index contributed by atoms with van der Waals surface area (Å²) in [5.74, 6) is 1.70. The van der Waals surface area contributed by atoms with Gasteiger partial charge in [0.05, 0.1) is 0 Å². The summed E-state index contributed by atoms with van der Waals surface area (Å²) in [7, 11) is 0. The first-order valence-electron chi connectivity index (χ1n) is 7.25. The fraction of sp³-hybridized carbons (Fsp3) is 0.625. The second-order valence-electron chi connectivity index (χ2n) is 5.94. The third kappa shape index (κ3) is 4.50. The maximum absolute atomic E-state index is 6.26. The number of hydrogen-bond donors (Lipinski definition) is 1. The summed E-state index contributed by atoms with van der Waals surface area (Å²) in [6.07, 6.45) is 4.76. The maximum Gasteiger partial charge on any atom is 0.121 e. The Hall–Kier alpha value is -0.540. The second kappa shape index (κ2) is 6.76. The van der Waals surface area contributed by atoms with Crippen LogP contribution in [0.25, 0.3) is 0 Å². The first kappa shape index (κ1) is 14.9. The summed E-state index contributed by atoms with van der Waals surface area (Å²) in [5, 5.41) is 3.52. The molecule has 1 aromatic rings.